The molecule has 1 heterocycles. The molecule has 3 rings (SSSR count). The van der Waals surface area contributed by atoms with Crippen molar-refractivity contribution in [1.29, 1.82) is 0 Å². The minimum atomic E-state index is -1.65. The fourth-order valence-corrected chi connectivity index (χ4v) is 6.64. The van der Waals surface area contributed by atoms with E-state index in [1.807, 2.05) is 0 Å². The highest BCUT2D eigenvalue weighted by Crippen LogP contribution is 2.46. The monoisotopic (exact) mass is 445 g/mol. The number of hydrogen-bond donors (Lipinski definition) is 1. The Morgan fingerprint density at radius 2 is 1.77 bits per heavy atom. The van der Waals surface area contributed by atoms with Crippen molar-refractivity contribution in [2.45, 2.75) is 109 Å². The molecule has 0 radical (unpaired) electrons. The maximum atomic E-state index is 6.50. The second-order valence-corrected chi connectivity index (χ2v) is 16.6. The topological polar surface area (TPSA) is 30.5 Å². The van der Waals surface area contributed by atoms with Crippen LogP contribution in [0.25, 0.3) is 0 Å². The molecule has 0 bridgehead atoms. The van der Waals surface area contributed by atoms with Gasteiger partial charge < -0.3 is 14.5 Å². The van der Waals surface area contributed by atoms with Gasteiger partial charge in [0.2, 0.25) is 0 Å². The molecule has 1 aromatic rings. The molecule has 0 unspecified atom stereocenters. The first-order chi connectivity index (χ1) is 14.6. The maximum absolute atomic E-state index is 6.50. The molecule has 0 aromatic heterocycles. The van der Waals surface area contributed by atoms with Crippen LogP contribution in [0.3, 0.4) is 0 Å². The van der Waals surface area contributed by atoms with Crippen LogP contribution in [-0.4, -0.2) is 33.1 Å². The van der Waals surface area contributed by atoms with Gasteiger partial charge in [-0.2, -0.15) is 0 Å². The summed E-state index contributed by atoms with van der Waals surface area (Å²) in [6.07, 6.45) is 9.17. The van der Waals surface area contributed by atoms with Crippen molar-refractivity contribution in [1.82, 2.24) is 5.32 Å². The lowest BCUT2D eigenvalue weighted by molar-refractivity contribution is 0.0379. The second kappa shape index (κ2) is 10.5. The lowest BCUT2D eigenvalue weighted by atomic mass is 9.73. The van der Waals surface area contributed by atoms with Crippen LogP contribution in [0.5, 0.6) is 0 Å². The summed E-state index contributed by atoms with van der Waals surface area (Å²) in [4.78, 5) is 0. The lowest BCUT2D eigenvalue weighted by Gasteiger charge is -2.46. The third-order valence-electron chi connectivity index (χ3n) is 8.43. The minimum absolute atomic E-state index is 0.292. The van der Waals surface area contributed by atoms with Gasteiger partial charge in [-0.3, -0.25) is 0 Å². The number of hydrogen-bond acceptors (Lipinski definition) is 3. The highest BCUT2D eigenvalue weighted by atomic mass is 28.4. The fourth-order valence-electron chi connectivity index (χ4n) is 5.58. The summed E-state index contributed by atoms with van der Waals surface area (Å²) < 4.78 is 12.6. The van der Waals surface area contributed by atoms with E-state index in [0.717, 1.165) is 32.2 Å². The molecule has 4 atom stereocenters. The summed E-state index contributed by atoms with van der Waals surface area (Å²) in [5, 5.41) is 4.46. The van der Waals surface area contributed by atoms with Gasteiger partial charge in [0.25, 0.3) is 0 Å². The van der Waals surface area contributed by atoms with E-state index in [4.69, 9.17) is 9.16 Å². The predicted molar refractivity (Wildman–Crippen MR) is 134 cm³/mol. The predicted octanol–water partition coefficient (Wildman–Crippen LogP) is 6.93. The summed E-state index contributed by atoms with van der Waals surface area (Å²) in [5.74, 6) is 1.33. The van der Waals surface area contributed by atoms with Crippen molar-refractivity contribution < 1.29 is 9.16 Å². The molecule has 1 N–H and O–H groups in total. The van der Waals surface area contributed by atoms with Crippen molar-refractivity contribution in [3.05, 3.63) is 35.9 Å². The Balaban J connectivity index is 1.50. The Morgan fingerprint density at radius 1 is 1.10 bits per heavy atom. The van der Waals surface area contributed by atoms with E-state index in [-0.39, 0.29) is 0 Å². The van der Waals surface area contributed by atoms with E-state index in [2.05, 4.69) is 76.4 Å². The summed E-state index contributed by atoms with van der Waals surface area (Å²) in [6, 6.07) is 11.2. The summed E-state index contributed by atoms with van der Waals surface area (Å²) in [7, 11) is -1.65. The molecule has 1 saturated carbocycles. The van der Waals surface area contributed by atoms with Crippen LogP contribution in [0.2, 0.25) is 18.1 Å². The fraction of sp³-hybridized carbons (Fsp3) is 0.778. The standard InChI is InChI=1S/C27H47NO2Si/c1-22(20-29-21-23-12-8-7-9-13-23)25-15-11-18-27(25)17-10-14-24(28-27)16-19-30-31(5,6)26(2,3)4/h7-9,12-13,22,24-25,28H,10-11,14-21H2,1-6H3/t22-,24+,25+,27+/m0/s1. The van der Waals surface area contributed by atoms with Crippen LogP contribution >= 0.6 is 0 Å². The SMILES string of the molecule is C[C@@H](COCc1ccccc1)[C@H]1CCC[C@]12CCC[C@H](CCO[Si](C)(C)C(C)(C)C)N2. The second-order valence-electron chi connectivity index (χ2n) is 11.8. The van der Waals surface area contributed by atoms with Gasteiger partial charge in [0.15, 0.2) is 8.32 Å². The average molecular weight is 446 g/mol. The van der Waals surface area contributed by atoms with Crippen LogP contribution in [-0.2, 0) is 15.8 Å². The molecule has 1 aliphatic carbocycles. The number of nitrogens with one attached hydrogen (secondary N) is 1. The van der Waals surface area contributed by atoms with E-state index in [1.165, 1.54) is 44.1 Å². The Labute approximate surface area is 192 Å². The first kappa shape index (κ1) is 24.9. The maximum Gasteiger partial charge on any atom is 0.191 e. The smallest absolute Gasteiger partial charge is 0.191 e. The number of piperidine rings is 1. The minimum Gasteiger partial charge on any atom is -0.417 e. The molecule has 31 heavy (non-hydrogen) atoms. The summed E-state index contributed by atoms with van der Waals surface area (Å²) in [6.45, 7) is 16.6. The molecular formula is C27H47NO2Si. The van der Waals surface area contributed by atoms with Crippen molar-refractivity contribution in [2.24, 2.45) is 11.8 Å². The van der Waals surface area contributed by atoms with E-state index in [0.29, 0.717) is 22.5 Å². The van der Waals surface area contributed by atoms with Gasteiger partial charge in [0, 0.05) is 24.8 Å². The molecule has 1 aromatic carbocycles. The molecule has 0 amide bonds. The zero-order chi connectivity index (χ0) is 22.5. The Morgan fingerprint density at radius 3 is 2.45 bits per heavy atom. The Hall–Kier alpha value is -0.683. The van der Waals surface area contributed by atoms with E-state index >= 15 is 0 Å². The van der Waals surface area contributed by atoms with Crippen LogP contribution in [0.15, 0.2) is 30.3 Å². The Kier molecular flexibility index (Phi) is 8.45. The molecule has 2 aliphatic rings. The molecule has 1 aliphatic heterocycles. The van der Waals surface area contributed by atoms with E-state index in [1.54, 1.807) is 0 Å². The zero-order valence-electron chi connectivity index (χ0n) is 21.0. The lowest BCUT2D eigenvalue weighted by Crippen LogP contribution is -2.57. The van der Waals surface area contributed by atoms with E-state index in [9.17, 15) is 0 Å². The van der Waals surface area contributed by atoms with E-state index < -0.39 is 8.32 Å². The van der Waals surface area contributed by atoms with Crippen LogP contribution < -0.4 is 5.32 Å². The van der Waals surface area contributed by atoms with Gasteiger partial charge in [-0.05, 0) is 67.6 Å². The molecule has 2 fully saturated rings. The quantitative estimate of drug-likeness (QED) is 0.418. The third kappa shape index (κ3) is 6.43. The normalized spacial score (nSPS) is 28.2. The molecule has 1 spiro atoms. The zero-order valence-corrected chi connectivity index (χ0v) is 22.0. The van der Waals surface area contributed by atoms with Gasteiger partial charge >= 0.3 is 0 Å². The molecule has 1 saturated heterocycles. The highest BCUT2D eigenvalue weighted by Gasteiger charge is 2.47. The van der Waals surface area contributed by atoms with Crippen molar-refractivity contribution in [2.75, 3.05) is 13.2 Å². The largest absolute Gasteiger partial charge is 0.417 e. The average Bonchev–Trinajstić information content (AvgIpc) is 3.10. The highest BCUT2D eigenvalue weighted by molar-refractivity contribution is 6.74. The number of benzene rings is 1. The van der Waals surface area contributed by atoms with Gasteiger partial charge in [-0.25, -0.2) is 0 Å². The van der Waals surface area contributed by atoms with Crippen LogP contribution in [0.1, 0.15) is 78.2 Å². The summed E-state index contributed by atoms with van der Waals surface area (Å²) in [5.41, 5.74) is 1.60. The van der Waals surface area contributed by atoms with Crippen LogP contribution in [0, 0.1) is 11.8 Å². The van der Waals surface area contributed by atoms with Crippen molar-refractivity contribution in [3.63, 3.8) is 0 Å². The van der Waals surface area contributed by atoms with Gasteiger partial charge in [-0.15, -0.1) is 0 Å². The first-order valence-corrected chi connectivity index (χ1v) is 15.6. The number of ether oxygens (including phenoxy) is 1. The molecular weight excluding hydrogens is 398 g/mol. The first-order valence-electron chi connectivity index (χ1n) is 12.7. The van der Waals surface area contributed by atoms with Crippen molar-refractivity contribution in [3.8, 4) is 0 Å². The summed E-state index contributed by atoms with van der Waals surface area (Å²) >= 11 is 0. The number of rotatable bonds is 9. The molecule has 3 nitrogen and oxygen atoms in total. The van der Waals surface area contributed by atoms with Gasteiger partial charge in [0.05, 0.1) is 6.61 Å². The molecule has 176 valence electrons. The van der Waals surface area contributed by atoms with Crippen LogP contribution in [0.4, 0.5) is 0 Å². The van der Waals surface area contributed by atoms with Crippen molar-refractivity contribution >= 4 is 8.32 Å². The van der Waals surface area contributed by atoms with Gasteiger partial charge in [0.1, 0.15) is 0 Å². The Bertz CT molecular complexity index is 672. The third-order valence-corrected chi connectivity index (χ3v) is 13.0. The molecule has 4 heteroatoms. The van der Waals surface area contributed by atoms with Gasteiger partial charge in [-0.1, -0.05) is 70.9 Å².